The van der Waals surface area contributed by atoms with Gasteiger partial charge in [0.15, 0.2) is 0 Å². The van der Waals surface area contributed by atoms with E-state index in [1.807, 2.05) is 18.2 Å². The van der Waals surface area contributed by atoms with E-state index < -0.39 is 10.0 Å². The Hall–Kier alpha value is -1.28. The second-order valence-electron chi connectivity index (χ2n) is 6.18. The summed E-state index contributed by atoms with van der Waals surface area (Å²) < 4.78 is 29.5. The Kier molecular flexibility index (Phi) is 4.66. The molecule has 0 unspecified atom stereocenters. The zero-order valence-electron chi connectivity index (χ0n) is 13.4. The maximum absolute atomic E-state index is 12.9. The van der Waals surface area contributed by atoms with Gasteiger partial charge in [0.1, 0.15) is 0 Å². The van der Waals surface area contributed by atoms with Gasteiger partial charge in [-0.2, -0.15) is 4.31 Å². The van der Waals surface area contributed by atoms with Crippen LogP contribution in [-0.2, 0) is 10.0 Å². The molecule has 3 aromatic rings. The molecular weight excluding hydrogens is 420 g/mol. The molecule has 1 saturated heterocycles. The van der Waals surface area contributed by atoms with Crippen LogP contribution < -0.4 is 0 Å². The third-order valence-corrected chi connectivity index (χ3v) is 8.10. The Morgan fingerprint density at radius 1 is 1.12 bits per heavy atom. The minimum absolute atomic E-state index is 0.163. The Balaban J connectivity index is 1.61. The standard InChI is InChI=1S/C18H17BrN2O2S2/c19-14-7-9-15(10-8-14)25(22,23)21-11-3-4-13(12-21)18-20-16-5-1-2-6-17(16)24-18/h1-2,5-10,13H,3-4,11-12H2/t13-/m0/s1. The Labute approximate surface area is 159 Å². The highest BCUT2D eigenvalue weighted by Gasteiger charge is 2.32. The molecule has 4 rings (SSSR count). The van der Waals surface area contributed by atoms with E-state index in [0.717, 1.165) is 32.5 Å². The summed E-state index contributed by atoms with van der Waals surface area (Å²) in [6.07, 6.45) is 1.84. The number of nitrogens with zero attached hydrogens (tertiary/aromatic N) is 2. The number of halogens is 1. The second kappa shape index (κ2) is 6.79. The molecule has 0 N–H and O–H groups in total. The van der Waals surface area contributed by atoms with Gasteiger partial charge in [0, 0.05) is 23.5 Å². The molecule has 0 radical (unpaired) electrons. The lowest BCUT2D eigenvalue weighted by Crippen LogP contribution is -2.39. The minimum atomic E-state index is -3.46. The molecule has 7 heteroatoms. The fraction of sp³-hybridized carbons (Fsp3) is 0.278. The monoisotopic (exact) mass is 436 g/mol. The van der Waals surface area contributed by atoms with Crippen LogP contribution in [0.15, 0.2) is 57.9 Å². The third kappa shape index (κ3) is 3.38. The van der Waals surface area contributed by atoms with E-state index in [4.69, 9.17) is 4.98 Å². The van der Waals surface area contributed by atoms with Crippen molar-refractivity contribution >= 4 is 47.5 Å². The van der Waals surface area contributed by atoms with Crippen LogP contribution in [0.4, 0.5) is 0 Å². The molecular formula is C18H17BrN2O2S2. The van der Waals surface area contributed by atoms with Gasteiger partial charge < -0.3 is 0 Å². The Bertz CT molecular complexity index is 966. The maximum atomic E-state index is 12.9. The molecule has 1 atom stereocenters. The van der Waals surface area contributed by atoms with E-state index >= 15 is 0 Å². The summed E-state index contributed by atoms with van der Waals surface area (Å²) in [6, 6.07) is 14.9. The lowest BCUT2D eigenvalue weighted by molar-refractivity contribution is 0.315. The van der Waals surface area contributed by atoms with Gasteiger partial charge in [0.05, 0.1) is 20.1 Å². The molecule has 4 nitrogen and oxygen atoms in total. The second-order valence-corrected chi connectivity index (χ2v) is 10.1. The van der Waals surface area contributed by atoms with Gasteiger partial charge >= 0.3 is 0 Å². The van der Waals surface area contributed by atoms with Crippen LogP contribution in [0.5, 0.6) is 0 Å². The molecule has 1 aliphatic rings. The van der Waals surface area contributed by atoms with Crippen molar-refractivity contribution in [2.24, 2.45) is 0 Å². The van der Waals surface area contributed by atoms with Crippen LogP contribution in [0.25, 0.3) is 10.2 Å². The van der Waals surface area contributed by atoms with E-state index in [2.05, 4.69) is 22.0 Å². The van der Waals surface area contributed by atoms with E-state index in [-0.39, 0.29) is 5.92 Å². The lowest BCUT2D eigenvalue weighted by atomic mass is 10.0. The van der Waals surface area contributed by atoms with Crippen LogP contribution in [0.3, 0.4) is 0 Å². The Morgan fingerprint density at radius 2 is 1.88 bits per heavy atom. The van der Waals surface area contributed by atoms with Gasteiger partial charge in [-0.05, 0) is 49.2 Å². The third-order valence-electron chi connectivity index (χ3n) is 4.50. The topological polar surface area (TPSA) is 50.3 Å². The van der Waals surface area contributed by atoms with Gasteiger partial charge in [-0.1, -0.05) is 28.1 Å². The molecule has 2 heterocycles. The van der Waals surface area contributed by atoms with Gasteiger partial charge in [-0.3, -0.25) is 0 Å². The van der Waals surface area contributed by atoms with Crippen molar-refractivity contribution in [3.63, 3.8) is 0 Å². The van der Waals surface area contributed by atoms with Crippen molar-refractivity contribution in [3.8, 4) is 0 Å². The number of piperidine rings is 1. The van der Waals surface area contributed by atoms with E-state index in [1.54, 1.807) is 39.9 Å². The molecule has 1 aromatic heterocycles. The smallest absolute Gasteiger partial charge is 0.241 e. The molecule has 0 spiro atoms. The van der Waals surface area contributed by atoms with Crippen molar-refractivity contribution in [1.82, 2.24) is 9.29 Å². The largest absolute Gasteiger partial charge is 0.243 e. The minimum Gasteiger partial charge on any atom is -0.241 e. The van der Waals surface area contributed by atoms with E-state index in [9.17, 15) is 8.42 Å². The van der Waals surface area contributed by atoms with E-state index in [1.165, 1.54) is 0 Å². The molecule has 1 fully saturated rings. The zero-order valence-corrected chi connectivity index (χ0v) is 16.6. The highest BCUT2D eigenvalue weighted by molar-refractivity contribution is 9.10. The summed E-state index contributed by atoms with van der Waals surface area (Å²) in [5, 5.41) is 1.04. The van der Waals surface area contributed by atoms with Crippen LogP contribution in [0.2, 0.25) is 0 Å². The fourth-order valence-electron chi connectivity index (χ4n) is 3.18. The first-order chi connectivity index (χ1) is 12.0. The van der Waals surface area contributed by atoms with Gasteiger partial charge in [-0.25, -0.2) is 13.4 Å². The van der Waals surface area contributed by atoms with Crippen molar-refractivity contribution in [1.29, 1.82) is 0 Å². The summed E-state index contributed by atoms with van der Waals surface area (Å²) in [5.74, 6) is 0.163. The summed E-state index contributed by atoms with van der Waals surface area (Å²) in [6.45, 7) is 1.07. The zero-order chi connectivity index (χ0) is 17.4. The number of para-hydroxylation sites is 1. The normalized spacial score (nSPS) is 19.3. The van der Waals surface area contributed by atoms with Crippen molar-refractivity contribution in [3.05, 3.63) is 58.0 Å². The van der Waals surface area contributed by atoms with Gasteiger partial charge in [-0.15, -0.1) is 11.3 Å². The molecule has 130 valence electrons. The number of sulfonamides is 1. The number of aromatic nitrogens is 1. The maximum Gasteiger partial charge on any atom is 0.243 e. The number of hydrogen-bond donors (Lipinski definition) is 0. The SMILES string of the molecule is O=S(=O)(c1ccc(Br)cc1)N1CCC[C@H](c2nc3ccccc3s2)C1. The van der Waals surface area contributed by atoms with Crippen LogP contribution >= 0.6 is 27.3 Å². The molecule has 25 heavy (non-hydrogen) atoms. The molecule has 2 aromatic carbocycles. The van der Waals surface area contributed by atoms with Crippen LogP contribution in [-0.4, -0.2) is 30.8 Å². The molecule has 1 aliphatic heterocycles. The summed E-state index contributed by atoms with van der Waals surface area (Å²) in [5.41, 5.74) is 0.996. The fourth-order valence-corrected chi connectivity index (χ4v) is 6.06. The van der Waals surface area contributed by atoms with Gasteiger partial charge in [0.25, 0.3) is 0 Å². The van der Waals surface area contributed by atoms with Crippen molar-refractivity contribution < 1.29 is 8.42 Å². The quantitative estimate of drug-likeness (QED) is 0.601. The first-order valence-electron chi connectivity index (χ1n) is 8.15. The Morgan fingerprint density at radius 3 is 2.64 bits per heavy atom. The molecule has 0 amide bonds. The number of hydrogen-bond acceptors (Lipinski definition) is 4. The van der Waals surface area contributed by atoms with Crippen molar-refractivity contribution in [2.75, 3.05) is 13.1 Å². The number of thiazole rings is 1. The summed E-state index contributed by atoms with van der Waals surface area (Å²) in [7, 11) is -3.46. The van der Waals surface area contributed by atoms with E-state index in [0.29, 0.717) is 18.0 Å². The lowest BCUT2D eigenvalue weighted by Gasteiger charge is -2.31. The number of rotatable bonds is 3. The number of benzene rings is 2. The average molecular weight is 437 g/mol. The van der Waals surface area contributed by atoms with Gasteiger partial charge in [0.2, 0.25) is 10.0 Å². The first kappa shape index (κ1) is 17.1. The highest BCUT2D eigenvalue weighted by Crippen LogP contribution is 2.34. The average Bonchev–Trinajstić information content (AvgIpc) is 3.06. The number of fused-ring (bicyclic) bond motifs is 1. The van der Waals surface area contributed by atoms with Crippen molar-refractivity contribution in [2.45, 2.75) is 23.7 Å². The molecule has 0 bridgehead atoms. The molecule has 0 saturated carbocycles. The molecule has 0 aliphatic carbocycles. The first-order valence-corrected chi connectivity index (χ1v) is 11.2. The summed E-state index contributed by atoms with van der Waals surface area (Å²) >= 11 is 5.03. The predicted molar refractivity (Wildman–Crippen MR) is 104 cm³/mol. The summed E-state index contributed by atoms with van der Waals surface area (Å²) in [4.78, 5) is 5.08. The highest BCUT2D eigenvalue weighted by atomic mass is 79.9. The van der Waals surface area contributed by atoms with Crippen LogP contribution in [0, 0.1) is 0 Å². The van der Waals surface area contributed by atoms with Crippen LogP contribution in [0.1, 0.15) is 23.8 Å². The predicted octanol–water partition coefficient (Wildman–Crippen LogP) is 4.63.